The van der Waals surface area contributed by atoms with E-state index in [0.717, 1.165) is 0 Å². The molecule has 0 fully saturated rings. The van der Waals surface area contributed by atoms with Crippen molar-refractivity contribution in [1.29, 1.82) is 5.26 Å². The number of amides is 2. The molecule has 5 nitrogen and oxygen atoms in total. The standard InChI is InChI=1S/C14H19N3O2S/c1-5-11(18)16-13-10(8-15)9(4)12(20-13)14(19)17(6-2)7-3/h5-7H2,1-4H3,(H,16,18). The van der Waals surface area contributed by atoms with Crippen molar-refractivity contribution in [3.63, 3.8) is 0 Å². The Balaban J connectivity index is 3.20. The van der Waals surface area contributed by atoms with Crippen molar-refractivity contribution in [3.8, 4) is 6.07 Å². The number of thiophene rings is 1. The van der Waals surface area contributed by atoms with Crippen LogP contribution in [0, 0.1) is 18.3 Å². The van der Waals surface area contributed by atoms with Gasteiger partial charge in [-0.05, 0) is 26.3 Å². The largest absolute Gasteiger partial charge is 0.338 e. The fourth-order valence-corrected chi connectivity index (χ4v) is 2.95. The molecule has 20 heavy (non-hydrogen) atoms. The van der Waals surface area contributed by atoms with E-state index in [4.69, 9.17) is 0 Å². The van der Waals surface area contributed by atoms with Crippen molar-refractivity contribution < 1.29 is 9.59 Å². The average molecular weight is 293 g/mol. The number of nitriles is 1. The second kappa shape index (κ2) is 7.06. The van der Waals surface area contributed by atoms with Gasteiger partial charge < -0.3 is 10.2 Å². The van der Waals surface area contributed by atoms with Crippen LogP contribution in [0.2, 0.25) is 0 Å². The first kappa shape index (κ1) is 16.2. The van der Waals surface area contributed by atoms with E-state index in [0.29, 0.717) is 40.5 Å². The molecule has 1 heterocycles. The smallest absolute Gasteiger partial charge is 0.264 e. The molecule has 1 N–H and O–H groups in total. The van der Waals surface area contributed by atoms with Crippen molar-refractivity contribution in [2.75, 3.05) is 18.4 Å². The molecule has 1 aromatic rings. The summed E-state index contributed by atoms with van der Waals surface area (Å²) in [6.07, 6.45) is 0.334. The van der Waals surface area contributed by atoms with Gasteiger partial charge >= 0.3 is 0 Å². The first-order chi connectivity index (χ1) is 9.49. The maximum atomic E-state index is 12.4. The minimum Gasteiger partial charge on any atom is -0.338 e. The van der Waals surface area contributed by atoms with Crippen molar-refractivity contribution >= 4 is 28.2 Å². The van der Waals surface area contributed by atoms with E-state index >= 15 is 0 Å². The van der Waals surface area contributed by atoms with Gasteiger partial charge in [-0.15, -0.1) is 11.3 Å². The molecule has 108 valence electrons. The summed E-state index contributed by atoms with van der Waals surface area (Å²) in [6, 6.07) is 2.07. The number of hydrogen-bond acceptors (Lipinski definition) is 4. The van der Waals surface area contributed by atoms with Gasteiger partial charge in [0.05, 0.1) is 10.4 Å². The summed E-state index contributed by atoms with van der Waals surface area (Å²) < 4.78 is 0. The van der Waals surface area contributed by atoms with E-state index in [2.05, 4.69) is 11.4 Å². The van der Waals surface area contributed by atoms with Gasteiger partial charge in [-0.1, -0.05) is 6.92 Å². The zero-order valence-electron chi connectivity index (χ0n) is 12.2. The van der Waals surface area contributed by atoms with E-state index in [9.17, 15) is 14.9 Å². The highest BCUT2D eigenvalue weighted by molar-refractivity contribution is 7.18. The zero-order chi connectivity index (χ0) is 15.3. The van der Waals surface area contributed by atoms with Gasteiger partial charge in [0.2, 0.25) is 5.91 Å². The minimum atomic E-state index is -0.162. The maximum Gasteiger partial charge on any atom is 0.264 e. The summed E-state index contributed by atoms with van der Waals surface area (Å²) in [4.78, 5) is 26.1. The van der Waals surface area contributed by atoms with E-state index in [1.54, 1.807) is 18.7 Å². The molecule has 0 saturated heterocycles. The van der Waals surface area contributed by atoms with Crippen molar-refractivity contribution in [2.24, 2.45) is 0 Å². The molecule has 0 saturated carbocycles. The van der Waals surface area contributed by atoms with Crippen molar-refractivity contribution in [3.05, 3.63) is 16.0 Å². The Morgan fingerprint density at radius 1 is 1.30 bits per heavy atom. The Kier molecular flexibility index (Phi) is 5.71. The van der Waals surface area contributed by atoms with Crippen LogP contribution < -0.4 is 5.32 Å². The van der Waals surface area contributed by atoms with Crippen LogP contribution in [-0.4, -0.2) is 29.8 Å². The third-order valence-corrected chi connectivity index (χ3v) is 4.27. The topological polar surface area (TPSA) is 73.2 Å². The van der Waals surface area contributed by atoms with Gasteiger partial charge in [0, 0.05) is 19.5 Å². The molecule has 2 amide bonds. The number of rotatable bonds is 5. The SMILES string of the molecule is CCC(=O)Nc1sc(C(=O)N(CC)CC)c(C)c1C#N. The highest BCUT2D eigenvalue weighted by Crippen LogP contribution is 2.33. The summed E-state index contributed by atoms with van der Waals surface area (Å²) in [5, 5.41) is 12.4. The second-order valence-corrected chi connectivity index (χ2v) is 5.27. The van der Waals surface area contributed by atoms with Gasteiger partial charge in [0.25, 0.3) is 5.91 Å². The number of nitrogens with zero attached hydrogens (tertiary/aromatic N) is 2. The van der Waals surface area contributed by atoms with Gasteiger partial charge in [-0.25, -0.2) is 0 Å². The molecule has 0 bridgehead atoms. The van der Waals surface area contributed by atoms with E-state index in [1.807, 2.05) is 13.8 Å². The molecule has 0 unspecified atom stereocenters. The molecule has 0 atom stereocenters. The Bertz CT molecular complexity index is 554. The van der Waals surface area contributed by atoms with Crippen LogP contribution in [0.1, 0.15) is 48.0 Å². The van der Waals surface area contributed by atoms with Gasteiger partial charge in [-0.2, -0.15) is 5.26 Å². The van der Waals surface area contributed by atoms with Crippen LogP contribution >= 0.6 is 11.3 Å². The lowest BCUT2D eigenvalue weighted by Crippen LogP contribution is -2.30. The third kappa shape index (κ3) is 3.17. The third-order valence-electron chi connectivity index (χ3n) is 3.08. The first-order valence-electron chi connectivity index (χ1n) is 6.62. The summed E-state index contributed by atoms with van der Waals surface area (Å²) in [5.41, 5.74) is 1.02. The number of carbonyl (C=O) groups is 2. The molecule has 1 rings (SSSR count). The summed E-state index contributed by atoms with van der Waals surface area (Å²) in [6.45, 7) is 8.54. The summed E-state index contributed by atoms with van der Waals surface area (Å²) in [7, 11) is 0. The normalized spacial score (nSPS) is 9.95. The first-order valence-corrected chi connectivity index (χ1v) is 7.44. The molecule has 0 aliphatic rings. The van der Waals surface area contributed by atoms with Gasteiger partial charge in [0.15, 0.2) is 0 Å². The van der Waals surface area contributed by atoms with Crippen LogP contribution in [0.15, 0.2) is 0 Å². The monoisotopic (exact) mass is 293 g/mol. The van der Waals surface area contributed by atoms with E-state index in [-0.39, 0.29) is 11.8 Å². The number of nitrogens with one attached hydrogen (secondary N) is 1. The molecule has 1 aromatic heterocycles. The fourth-order valence-electron chi connectivity index (χ4n) is 1.81. The van der Waals surface area contributed by atoms with E-state index in [1.165, 1.54) is 11.3 Å². The number of hydrogen-bond donors (Lipinski definition) is 1. The van der Waals surface area contributed by atoms with Crippen LogP contribution in [0.5, 0.6) is 0 Å². The van der Waals surface area contributed by atoms with Crippen LogP contribution in [-0.2, 0) is 4.79 Å². The zero-order valence-corrected chi connectivity index (χ0v) is 13.1. The van der Waals surface area contributed by atoms with Gasteiger partial charge in [0.1, 0.15) is 11.1 Å². The Hall–Kier alpha value is -1.87. The highest BCUT2D eigenvalue weighted by atomic mass is 32.1. The Morgan fingerprint density at radius 2 is 1.90 bits per heavy atom. The number of carbonyl (C=O) groups excluding carboxylic acids is 2. The summed E-state index contributed by atoms with van der Waals surface area (Å²) >= 11 is 1.18. The lowest BCUT2D eigenvalue weighted by atomic mass is 10.1. The fraction of sp³-hybridized carbons (Fsp3) is 0.500. The highest BCUT2D eigenvalue weighted by Gasteiger charge is 2.23. The minimum absolute atomic E-state index is 0.0917. The van der Waals surface area contributed by atoms with Crippen molar-refractivity contribution in [2.45, 2.75) is 34.1 Å². The Morgan fingerprint density at radius 3 is 2.35 bits per heavy atom. The molecule has 0 radical (unpaired) electrons. The molecular weight excluding hydrogens is 274 g/mol. The number of anilines is 1. The molecule has 6 heteroatoms. The van der Waals surface area contributed by atoms with Crippen LogP contribution in [0.3, 0.4) is 0 Å². The van der Waals surface area contributed by atoms with Crippen LogP contribution in [0.25, 0.3) is 0 Å². The van der Waals surface area contributed by atoms with Crippen LogP contribution in [0.4, 0.5) is 5.00 Å². The lowest BCUT2D eigenvalue weighted by molar-refractivity contribution is -0.115. The molecule has 0 aliphatic carbocycles. The predicted molar refractivity (Wildman–Crippen MR) is 79.9 cm³/mol. The average Bonchev–Trinajstić information content (AvgIpc) is 2.75. The summed E-state index contributed by atoms with van der Waals surface area (Å²) in [5.74, 6) is -0.254. The van der Waals surface area contributed by atoms with E-state index < -0.39 is 0 Å². The lowest BCUT2D eigenvalue weighted by Gasteiger charge is -2.17. The van der Waals surface area contributed by atoms with Gasteiger partial charge in [-0.3, -0.25) is 9.59 Å². The molecule has 0 spiro atoms. The molecular formula is C14H19N3O2S. The second-order valence-electron chi connectivity index (χ2n) is 4.25. The molecule has 0 aromatic carbocycles. The predicted octanol–water partition coefficient (Wildman–Crippen LogP) is 2.76. The maximum absolute atomic E-state index is 12.4. The molecule has 0 aliphatic heterocycles. The Labute approximate surface area is 123 Å². The quantitative estimate of drug-likeness (QED) is 0.907. The van der Waals surface area contributed by atoms with Crippen molar-refractivity contribution in [1.82, 2.24) is 4.90 Å².